The Labute approximate surface area is 182 Å². The summed E-state index contributed by atoms with van der Waals surface area (Å²) in [6.45, 7) is 2.66. The van der Waals surface area contributed by atoms with E-state index in [1.165, 1.54) is 11.3 Å². The van der Waals surface area contributed by atoms with Gasteiger partial charge in [-0.1, -0.05) is 36.4 Å². The van der Waals surface area contributed by atoms with E-state index < -0.39 is 0 Å². The summed E-state index contributed by atoms with van der Waals surface area (Å²) in [5.74, 6) is -0.248. The summed E-state index contributed by atoms with van der Waals surface area (Å²) in [5, 5.41) is 10.4. The first-order valence-corrected chi connectivity index (χ1v) is 10.7. The summed E-state index contributed by atoms with van der Waals surface area (Å²) in [4.78, 5) is 26.8. The molecule has 5 aromatic rings. The number of aromatic nitrogens is 5. The highest BCUT2D eigenvalue weighted by molar-refractivity contribution is 7.14. The Morgan fingerprint density at radius 1 is 1.03 bits per heavy atom. The second kappa shape index (κ2) is 8.08. The second-order valence-electron chi connectivity index (χ2n) is 6.83. The van der Waals surface area contributed by atoms with E-state index >= 15 is 0 Å². The Morgan fingerprint density at radius 2 is 1.87 bits per heavy atom. The third-order valence-electron chi connectivity index (χ3n) is 4.87. The standard InChI is InChI=1S/C23H18N6OS/c1-2-29-21-17(13-25-29)16(12-19(26-21)15-8-4-3-5-9-15)22(30)28-23-27-20(14-31-23)18-10-6-7-11-24-18/h3-14H,2H2,1H3,(H,27,28,30). The van der Waals surface area contributed by atoms with Crippen LogP contribution in [0.15, 0.2) is 72.4 Å². The molecule has 4 heterocycles. The van der Waals surface area contributed by atoms with Gasteiger partial charge in [0.05, 0.1) is 28.5 Å². The van der Waals surface area contributed by atoms with Gasteiger partial charge in [-0.3, -0.25) is 15.1 Å². The Hall–Kier alpha value is -3.91. The van der Waals surface area contributed by atoms with Crippen LogP contribution in [0.25, 0.3) is 33.7 Å². The molecule has 1 N–H and O–H groups in total. The van der Waals surface area contributed by atoms with Gasteiger partial charge in [-0.2, -0.15) is 5.10 Å². The van der Waals surface area contributed by atoms with Crippen LogP contribution in [0.3, 0.4) is 0 Å². The van der Waals surface area contributed by atoms with Crippen LogP contribution < -0.4 is 5.32 Å². The van der Waals surface area contributed by atoms with Gasteiger partial charge >= 0.3 is 0 Å². The lowest BCUT2D eigenvalue weighted by Crippen LogP contribution is -2.13. The van der Waals surface area contributed by atoms with E-state index in [1.54, 1.807) is 17.1 Å². The predicted molar refractivity (Wildman–Crippen MR) is 122 cm³/mol. The van der Waals surface area contributed by atoms with Crippen LogP contribution in [-0.2, 0) is 6.54 Å². The smallest absolute Gasteiger partial charge is 0.258 e. The molecule has 0 aliphatic carbocycles. The van der Waals surface area contributed by atoms with E-state index in [4.69, 9.17) is 4.98 Å². The zero-order chi connectivity index (χ0) is 21.2. The molecular weight excluding hydrogens is 408 g/mol. The number of hydrogen-bond donors (Lipinski definition) is 1. The topological polar surface area (TPSA) is 85.6 Å². The maximum Gasteiger partial charge on any atom is 0.258 e. The number of fused-ring (bicyclic) bond motifs is 1. The number of hydrogen-bond acceptors (Lipinski definition) is 6. The summed E-state index contributed by atoms with van der Waals surface area (Å²) in [6, 6.07) is 17.3. The average molecular weight is 427 g/mol. The summed E-state index contributed by atoms with van der Waals surface area (Å²) in [5.41, 5.74) is 4.35. The fourth-order valence-electron chi connectivity index (χ4n) is 3.35. The molecule has 31 heavy (non-hydrogen) atoms. The summed E-state index contributed by atoms with van der Waals surface area (Å²) < 4.78 is 1.79. The summed E-state index contributed by atoms with van der Waals surface area (Å²) in [7, 11) is 0. The number of carbonyl (C=O) groups is 1. The van der Waals surface area contributed by atoms with Crippen LogP contribution >= 0.6 is 11.3 Å². The van der Waals surface area contributed by atoms with Crippen molar-refractivity contribution in [2.24, 2.45) is 0 Å². The number of amides is 1. The summed E-state index contributed by atoms with van der Waals surface area (Å²) >= 11 is 1.36. The fourth-order valence-corrected chi connectivity index (χ4v) is 4.05. The third-order valence-corrected chi connectivity index (χ3v) is 5.63. The quantitative estimate of drug-likeness (QED) is 0.432. The molecule has 152 valence electrons. The number of rotatable bonds is 5. The molecule has 0 spiro atoms. The largest absolute Gasteiger partial charge is 0.298 e. The van der Waals surface area contributed by atoms with Crippen LogP contribution in [0.2, 0.25) is 0 Å². The molecule has 0 atom stereocenters. The van der Waals surface area contributed by atoms with Crippen LogP contribution in [0.5, 0.6) is 0 Å². The van der Waals surface area contributed by atoms with Gasteiger partial charge in [0.25, 0.3) is 5.91 Å². The average Bonchev–Trinajstić information content (AvgIpc) is 3.46. The van der Waals surface area contributed by atoms with Crippen molar-refractivity contribution in [2.75, 3.05) is 5.32 Å². The molecule has 0 aliphatic rings. The number of nitrogens with one attached hydrogen (secondary N) is 1. The van der Waals surface area contributed by atoms with E-state index in [1.807, 2.05) is 66.9 Å². The number of aryl methyl sites for hydroxylation is 1. The molecule has 5 rings (SSSR count). The molecule has 0 radical (unpaired) electrons. The first-order valence-electron chi connectivity index (χ1n) is 9.83. The first-order chi connectivity index (χ1) is 15.2. The lowest BCUT2D eigenvalue weighted by molar-refractivity contribution is 0.102. The van der Waals surface area contributed by atoms with Gasteiger partial charge < -0.3 is 0 Å². The van der Waals surface area contributed by atoms with E-state index in [9.17, 15) is 4.79 Å². The van der Waals surface area contributed by atoms with Crippen molar-refractivity contribution in [2.45, 2.75) is 13.5 Å². The zero-order valence-corrected chi connectivity index (χ0v) is 17.5. The van der Waals surface area contributed by atoms with E-state index in [0.29, 0.717) is 28.3 Å². The molecule has 1 amide bonds. The lowest BCUT2D eigenvalue weighted by Gasteiger charge is -2.08. The highest BCUT2D eigenvalue weighted by Gasteiger charge is 2.18. The van der Waals surface area contributed by atoms with Crippen molar-refractivity contribution >= 4 is 33.4 Å². The molecule has 0 fully saturated rings. The fraction of sp³-hybridized carbons (Fsp3) is 0.0870. The van der Waals surface area contributed by atoms with Crippen molar-refractivity contribution in [3.8, 4) is 22.6 Å². The number of anilines is 1. The molecule has 0 aliphatic heterocycles. The number of carbonyl (C=O) groups excluding carboxylic acids is 1. The van der Waals surface area contributed by atoms with E-state index in [-0.39, 0.29) is 5.91 Å². The number of pyridine rings is 2. The van der Waals surface area contributed by atoms with Gasteiger partial charge in [-0.05, 0) is 25.1 Å². The monoisotopic (exact) mass is 426 g/mol. The van der Waals surface area contributed by atoms with E-state index in [2.05, 4.69) is 20.4 Å². The van der Waals surface area contributed by atoms with Gasteiger partial charge in [-0.25, -0.2) is 14.6 Å². The Kier molecular flexibility index (Phi) is 4.97. The minimum absolute atomic E-state index is 0.248. The second-order valence-corrected chi connectivity index (χ2v) is 7.68. The van der Waals surface area contributed by atoms with Crippen molar-refractivity contribution in [3.05, 3.63) is 77.9 Å². The molecule has 4 aromatic heterocycles. The zero-order valence-electron chi connectivity index (χ0n) is 16.7. The Morgan fingerprint density at radius 3 is 2.65 bits per heavy atom. The van der Waals surface area contributed by atoms with Crippen LogP contribution in [-0.4, -0.2) is 30.6 Å². The molecule has 0 unspecified atom stereocenters. The third kappa shape index (κ3) is 3.69. The number of thiazole rings is 1. The normalized spacial score (nSPS) is 11.0. The molecule has 8 heteroatoms. The van der Waals surface area contributed by atoms with Crippen molar-refractivity contribution in [3.63, 3.8) is 0 Å². The van der Waals surface area contributed by atoms with Crippen molar-refractivity contribution in [1.29, 1.82) is 0 Å². The minimum atomic E-state index is -0.248. The maximum absolute atomic E-state index is 13.2. The number of benzene rings is 1. The molecule has 7 nitrogen and oxygen atoms in total. The van der Waals surface area contributed by atoms with Crippen molar-refractivity contribution < 1.29 is 4.79 Å². The first kappa shape index (κ1) is 19.1. The molecule has 0 saturated heterocycles. The molecule has 1 aromatic carbocycles. The van der Waals surface area contributed by atoms with Gasteiger partial charge in [0.1, 0.15) is 5.69 Å². The maximum atomic E-state index is 13.2. The SMILES string of the molecule is CCn1ncc2c(C(=O)Nc3nc(-c4ccccn4)cs3)cc(-c3ccccc3)nc21. The van der Waals surface area contributed by atoms with Crippen molar-refractivity contribution in [1.82, 2.24) is 24.7 Å². The van der Waals surface area contributed by atoms with Gasteiger partial charge in [0.2, 0.25) is 0 Å². The molecule has 0 bridgehead atoms. The van der Waals surface area contributed by atoms with Crippen LogP contribution in [0, 0.1) is 0 Å². The molecular formula is C23H18N6OS. The predicted octanol–water partition coefficient (Wildman–Crippen LogP) is 4.89. The van der Waals surface area contributed by atoms with E-state index in [0.717, 1.165) is 22.6 Å². The van der Waals surface area contributed by atoms with Crippen LogP contribution in [0.4, 0.5) is 5.13 Å². The molecule has 0 saturated carbocycles. The van der Waals surface area contributed by atoms with Gasteiger partial charge in [0, 0.05) is 23.7 Å². The highest BCUT2D eigenvalue weighted by Crippen LogP contribution is 2.27. The highest BCUT2D eigenvalue weighted by atomic mass is 32.1. The summed E-state index contributed by atoms with van der Waals surface area (Å²) in [6.07, 6.45) is 3.41. The van der Waals surface area contributed by atoms with Gasteiger partial charge in [-0.15, -0.1) is 11.3 Å². The minimum Gasteiger partial charge on any atom is -0.298 e. The Balaban J connectivity index is 1.52. The van der Waals surface area contributed by atoms with Gasteiger partial charge in [0.15, 0.2) is 10.8 Å². The lowest BCUT2D eigenvalue weighted by atomic mass is 10.1. The Bertz CT molecular complexity index is 1360. The van der Waals surface area contributed by atoms with Crippen LogP contribution in [0.1, 0.15) is 17.3 Å². The number of nitrogens with zero attached hydrogens (tertiary/aromatic N) is 5.